The molecule has 44 heavy (non-hydrogen) atoms. The van der Waals surface area contributed by atoms with E-state index in [0.717, 1.165) is 0 Å². The van der Waals surface area contributed by atoms with Crippen LogP contribution < -0.4 is 25.7 Å². The highest BCUT2D eigenvalue weighted by Gasteiger charge is 2.31. The van der Waals surface area contributed by atoms with Gasteiger partial charge in [0.2, 0.25) is 0 Å². The number of nitrogens with two attached hydrogens (primary N) is 2. The first-order valence-corrected chi connectivity index (χ1v) is 14.7. The van der Waals surface area contributed by atoms with Crippen LogP contribution in [-0.4, -0.2) is 47.8 Å². The smallest absolute Gasteiger partial charge is 0.328 e. The second kappa shape index (κ2) is 15.6. The number of hydrogen-bond acceptors (Lipinski definition) is 10. The van der Waals surface area contributed by atoms with Gasteiger partial charge in [0.05, 0.1) is 19.6 Å². The molecule has 1 aliphatic carbocycles. The first-order chi connectivity index (χ1) is 20.9. The molecule has 10 heteroatoms. The van der Waals surface area contributed by atoms with Gasteiger partial charge in [0, 0.05) is 5.56 Å². The lowest BCUT2D eigenvalue weighted by Crippen LogP contribution is -2.38. The summed E-state index contributed by atoms with van der Waals surface area (Å²) >= 11 is 0. The van der Waals surface area contributed by atoms with Gasteiger partial charge in [0.25, 0.3) is 0 Å². The molecule has 0 bridgehead atoms. The topological polar surface area (TPSA) is 168 Å². The zero-order chi connectivity index (χ0) is 32.6. The van der Waals surface area contributed by atoms with E-state index < -0.39 is 29.9 Å². The number of aliphatic hydroxyl groups excluding tert-OH is 1. The highest BCUT2D eigenvalue weighted by molar-refractivity contribution is 6.16. The van der Waals surface area contributed by atoms with Crippen molar-refractivity contribution in [1.29, 1.82) is 0 Å². The third-order valence-electron chi connectivity index (χ3n) is 7.54. The summed E-state index contributed by atoms with van der Waals surface area (Å²) < 4.78 is 16.1. The van der Waals surface area contributed by atoms with Crippen LogP contribution in [0.4, 0.5) is 0 Å². The van der Waals surface area contributed by atoms with Crippen LogP contribution >= 0.6 is 0 Å². The minimum Gasteiger partial charge on any atom is -0.493 e. The molecule has 1 saturated carbocycles. The van der Waals surface area contributed by atoms with Gasteiger partial charge in [-0.1, -0.05) is 45.9 Å². The number of ketones is 2. The van der Waals surface area contributed by atoms with Crippen molar-refractivity contribution in [2.75, 3.05) is 7.11 Å². The Morgan fingerprint density at radius 3 is 2.09 bits per heavy atom. The van der Waals surface area contributed by atoms with Crippen LogP contribution in [0.3, 0.4) is 0 Å². The Balaban J connectivity index is 1.72. The molecule has 2 aromatic rings. The Morgan fingerprint density at radius 1 is 0.909 bits per heavy atom. The number of carbonyl (C=O) groups is 4. The van der Waals surface area contributed by atoms with Crippen molar-refractivity contribution in [2.45, 2.75) is 65.6 Å². The number of aliphatic hydroxyl groups is 1. The second-order valence-corrected chi connectivity index (χ2v) is 11.5. The summed E-state index contributed by atoms with van der Waals surface area (Å²) in [6, 6.07) is 8.15. The zero-order valence-electron chi connectivity index (χ0n) is 25.9. The lowest BCUT2D eigenvalue weighted by molar-refractivity contribution is -0.137. The molecule has 5 N–H and O–H groups in total. The highest BCUT2D eigenvalue weighted by Crippen LogP contribution is 2.31. The fourth-order valence-electron chi connectivity index (χ4n) is 4.57. The van der Waals surface area contributed by atoms with Gasteiger partial charge >= 0.3 is 11.9 Å². The van der Waals surface area contributed by atoms with Gasteiger partial charge in [-0.15, -0.1) is 0 Å². The standard InChI is InChI=1S/C34H42N2O8/c1-19(2)30(35)33(40)43-27-13-11-22(16-24(27)18-37)15-23-7-6-8-25(32(23)39)26(38)12-9-21-10-14-28(29(17-21)42-5)44-34(41)31(36)20(3)4/h9-17,19-20,25,30-31,37H,6-8,18,35-36H2,1-5H3/b12-9+,23-15+. The zero-order valence-corrected chi connectivity index (χ0v) is 25.9. The van der Waals surface area contributed by atoms with Gasteiger partial charge in [-0.25, -0.2) is 9.59 Å². The Hall–Kier alpha value is -4.12. The number of allylic oxidation sites excluding steroid dienone is 2. The van der Waals surface area contributed by atoms with E-state index in [1.165, 1.54) is 13.2 Å². The maximum Gasteiger partial charge on any atom is 0.328 e. The van der Waals surface area contributed by atoms with E-state index in [4.69, 9.17) is 25.7 Å². The maximum atomic E-state index is 13.3. The molecule has 0 heterocycles. The SMILES string of the molecule is COc1cc(/C=C/C(=O)C2CCC/C(=C\c3ccc(OC(=O)C(N)C(C)C)c(CO)c3)C2=O)ccc1OC(=O)C(N)C(C)C. The molecule has 0 amide bonds. The van der Waals surface area contributed by atoms with Crippen molar-refractivity contribution < 1.29 is 38.5 Å². The number of rotatable bonds is 12. The summed E-state index contributed by atoms with van der Waals surface area (Å²) in [6.07, 6.45) is 6.25. The van der Waals surface area contributed by atoms with E-state index in [0.29, 0.717) is 47.3 Å². The highest BCUT2D eigenvalue weighted by atomic mass is 16.6. The molecular formula is C34H42N2O8. The Kier molecular flexibility index (Phi) is 12.2. The largest absolute Gasteiger partial charge is 0.493 e. The predicted octanol–water partition coefficient (Wildman–Crippen LogP) is 4.00. The van der Waals surface area contributed by atoms with Crippen molar-refractivity contribution in [2.24, 2.45) is 29.2 Å². The molecule has 1 fully saturated rings. The molecule has 2 aromatic carbocycles. The monoisotopic (exact) mass is 606 g/mol. The van der Waals surface area contributed by atoms with Gasteiger partial charge in [-0.05, 0) is 84.2 Å². The molecule has 0 aliphatic heterocycles. The van der Waals surface area contributed by atoms with Crippen LogP contribution in [0.2, 0.25) is 0 Å². The fraction of sp³-hybridized carbons (Fsp3) is 0.412. The molecule has 0 saturated heterocycles. The molecule has 236 valence electrons. The van der Waals surface area contributed by atoms with Crippen molar-refractivity contribution >= 4 is 35.7 Å². The van der Waals surface area contributed by atoms with Gasteiger partial charge < -0.3 is 30.8 Å². The molecule has 10 nitrogen and oxygen atoms in total. The van der Waals surface area contributed by atoms with Crippen LogP contribution in [0, 0.1) is 17.8 Å². The van der Waals surface area contributed by atoms with Gasteiger partial charge in [0.1, 0.15) is 17.8 Å². The minimum atomic E-state index is -0.819. The average molecular weight is 607 g/mol. The van der Waals surface area contributed by atoms with E-state index in [2.05, 4.69) is 0 Å². The van der Waals surface area contributed by atoms with Crippen molar-refractivity contribution in [3.05, 3.63) is 64.7 Å². The first kappa shape index (κ1) is 34.4. The van der Waals surface area contributed by atoms with Crippen LogP contribution in [0.5, 0.6) is 17.2 Å². The van der Waals surface area contributed by atoms with E-state index >= 15 is 0 Å². The van der Waals surface area contributed by atoms with Crippen molar-refractivity contribution in [3.63, 3.8) is 0 Å². The minimum absolute atomic E-state index is 0.0935. The summed E-state index contributed by atoms with van der Waals surface area (Å²) in [4.78, 5) is 51.0. The van der Waals surface area contributed by atoms with E-state index in [-0.39, 0.29) is 41.5 Å². The number of hydrogen-bond donors (Lipinski definition) is 3. The number of carbonyl (C=O) groups excluding carboxylic acids is 4. The van der Waals surface area contributed by atoms with E-state index in [1.807, 2.05) is 27.7 Å². The summed E-state index contributed by atoms with van der Waals surface area (Å²) in [7, 11) is 1.44. The first-order valence-electron chi connectivity index (χ1n) is 14.7. The number of methoxy groups -OCH3 is 1. The average Bonchev–Trinajstić information content (AvgIpc) is 3.00. The lowest BCUT2D eigenvalue weighted by Gasteiger charge is -2.21. The van der Waals surface area contributed by atoms with Gasteiger partial charge in [-0.2, -0.15) is 0 Å². The molecule has 0 radical (unpaired) electrons. The Bertz CT molecular complexity index is 1440. The lowest BCUT2D eigenvalue weighted by atomic mass is 9.81. The molecule has 0 aromatic heterocycles. The summed E-state index contributed by atoms with van der Waals surface area (Å²) in [5.41, 5.74) is 13.9. The molecule has 3 atom stereocenters. The van der Waals surface area contributed by atoms with Gasteiger partial charge in [-0.3, -0.25) is 9.59 Å². The Morgan fingerprint density at radius 2 is 1.50 bits per heavy atom. The third-order valence-corrected chi connectivity index (χ3v) is 7.54. The molecule has 3 unspecified atom stereocenters. The maximum absolute atomic E-state index is 13.3. The third kappa shape index (κ3) is 8.72. The summed E-state index contributed by atoms with van der Waals surface area (Å²) in [6.45, 7) is 6.88. The molecular weight excluding hydrogens is 564 g/mol. The summed E-state index contributed by atoms with van der Waals surface area (Å²) in [5.74, 6) is -2.06. The van der Waals surface area contributed by atoms with Gasteiger partial charge in [0.15, 0.2) is 23.1 Å². The van der Waals surface area contributed by atoms with E-state index in [1.54, 1.807) is 48.6 Å². The predicted molar refractivity (Wildman–Crippen MR) is 167 cm³/mol. The molecule has 3 rings (SSSR count). The number of benzene rings is 2. The molecule has 1 aliphatic rings. The fourth-order valence-corrected chi connectivity index (χ4v) is 4.57. The van der Waals surface area contributed by atoms with Crippen LogP contribution in [0.15, 0.2) is 48.0 Å². The number of ether oxygens (including phenoxy) is 3. The van der Waals surface area contributed by atoms with Crippen LogP contribution in [0.1, 0.15) is 63.6 Å². The normalized spacial score (nSPS) is 17.6. The second-order valence-electron chi connectivity index (χ2n) is 11.5. The Labute approximate surface area is 258 Å². The quantitative estimate of drug-likeness (QED) is 0.139. The van der Waals surface area contributed by atoms with Crippen LogP contribution in [0.25, 0.3) is 12.2 Å². The molecule has 0 spiro atoms. The van der Waals surface area contributed by atoms with Crippen LogP contribution in [-0.2, 0) is 25.8 Å². The number of Topliss-reactive ketones (excluding diaryl/α,β-unsaturated/α-hetero) is 1. The summed E-state index contributed by atoms with van der Waals surface area (Å²) in [5, 5.41) is 9.86. The van der Waals surface area contributed by atoms with Crippen molar-refractivity contribution in [1.82, 2.24) is 0 Å². The van der Waals surface area contributed by atoms with E-state index in [9.17, 15) is 24.3 Å². The van der Waals surface area contributed by atoms with Crippen molar-refractivity contribution in [3.8, 4) is 17.2 Å². The number of esters is 2.